The monoisotopic (exact) mass is 273 g/mol. The number of nitrogens with one attached hydrogen (secondary N) is 1. The zero-order valence-corrected chi connectivity index (χ0v) is 11.5. The Labute approximate surface area is 119 Å². The van der Waals surface area contributed by atoms with Gasteiger partial charge < -0.3 is 10.1 Å². The maximum Gasteiger partial charge on any atom is 0.123 e. The molecule has 0 aliphatic carbocycles. The second-order valence-corrected chi connectivity index (χ2v) is 4.70. The molecule has 0 saturated heterocycles. The van der Waals surface area contributed by atoms with Crippen molar-refractivity contribution >= 4 is 0 Å². The molecular formula is C17H20FNO. The topological polar surface area (TPSA) is 21.3 Å². The molecule has 106 valence electrons. The van der Waals surface area contributed by atoms with Crippen LogP contribution in [0.15, 0.2) is 54.6 Å². The molecule has 3 heteroatoms. The van der Waals surface area contributed by atoms with Gasteiger partial charge in [-0.15, -0.1) is 0 Å². The maximum absolute atomic E-state index is 12.9. The van der Waals surface area contributed by atoms with Crippen molar-refractivity contribution in [3.63, 3.8) is 0 Å². The first kappa shape index (κ1) is 14.7. The van der Waals surface area contributed by atoms with E-state index < -0.39 is 0 Å². The van der Waals surface area contributed by atoms with Crippen LogP contribution in [0, 0.1) is 5.82 Å². The van der Waals surface area contributed by atoms with Gasteiger partial charge in [0.25, 0.3) is 0 Å². The SMILES string of the molecule is Fc1cccc(COCCCNCc2ccccc2)c1. The van der Waals surface area contributed by atoms with Gasteiger partial charge in [-0.1, -0.05) is 42.5 Å². The number of benzene rings is 2. The number of halogens is 1. The molecule has 0 aromatic heterocycles. The minimum atomic E-state index is -0.212. The summed E-state index contributed by atoms with van der Waals surface area (Å²) in [5, 5.41) is 3.37. The number of hydrogen-bond donors (Lipinski definition) is 1. The van der Waals surface area contributed by atoms with Gasteiger partial charge in [-0.05, 0) is 36.2 Å². The summed E-state index contributed by atoms with van der Waals surface area (Å²) in [6, 6.07) is 16.8. The minimum absolute atomic E-state index is 0.212. The second kappa shape index (κ2) is 8.46. The van der Waals surface area contributed by atoms with Crippen molar-refractivity contribution < 1.29 is 9.13 Å². The molecule has 2 aromatic rings. The Bertz CT molecular complexity index is 501. The fraction of sp³-hybridized carbons (Fsp3) is 0.294. The van der Waals surface area contributed by atoms with E-state index in [1.54, 1.807) is 6.07 Å². The Kier molecular flexibility index (Phi) is 6.21. The van der Waals surface area contributed by atoms with E-state index >= 15 is 0 Å². The van der Waals surface area contributed by atoms with Crippen molar-refractivity contribution in [1.29, 1.82) is 0 Å². The lowest BCUT2D eigenvalue weighted by Crippen LogP contribution is -2.16. The molecule has 2 rings (SSSR count). The molecule has 0 radical (unpaired) electrons. The molecule has 0 heterocycles. The fourth-order valence-electron chi connectivity index (χ4n) is 1.94. The van der Waals surface area contributed by atoms with Crippen molar-refractivity contribution in [2.75, 3.05) is 13.2 Å². The van der Waals surface area contributed by atoms with Crippen molar-refractivity contribution in [3.05, 3.63) is 71.5 Å². The lowest BCUT2D eigenvalue weighted by Gasteiger charge is -2.06. The van der Waals surface area contributed by atoms with E-state index in [1.807, 2.05) is 24.3 Å². The van der Waals surface area contributed by atoms with E-state index in [0.29, 0.717) is 13.2 Å². The molecule has 0 amide bonds. The van der Waals surface area contributed by atoms with Crippen LogP contribution in [0.5, 0.6) is 0 Å². The van der Waals surface area contributed by atoms with Crippen LogP contribution in [0.1, 0.15) is 17.5 Å². The largest absolute Gasteiger partial charge is 0.377 e. The van der Waals surface area contributed by atoms with Crippen LogP contribution < -0.4 is 5.32 Å². The van der Waals surface area contributed by atoms with E-state index in [-0.39, 0.29) is 5.82 Å². The van der Waals surface area contributed by atoms with Gasteiger partial charge >= 0.3 is 0 Å². The van der Waals surface area contributed by atoms with E-state index in [0.717, 1.165) is 25.1 Å². The molecule has 2 nitrogen and oxygen atoms in total. The molecule has 2 aromatic carbocycles. The molecular weight excluding hydrogens is 253 g/mol. The van der Waals surface area contributed by atoms with Crippen molar-refractivity contribution in [1.82, 2.24) is 5.32 Å². The predicted molar refractivity (Wildman–Crippen MR) is 78.8 cm³/mol. The third-order valence-electron chi connectivity index (χ3n) is 2.97. The Balaban J connectivity index is 1.52. The normalized spacial score (nSPS) is 10.7. The van der Waals surface area contributed by atoms with Crippen LogP contribution >= 0.6 is 0 Å². The Hall–Kier alpha value is -1.71. The van der Waals surface area contributed by atoms with Crippen LogP contribution in [0.2, 0.25) is 0 Å². The summed E-state index contributed by atoms with van der Waals surface area (Å²) >= 11 is 0. The molecule has 0 aliphatic rings. The van der Waals surface area contributed by atoms with Gasteiger partial charge in [0.2, 0.25) is 0 Å². The summed E-state index contributed by atoms with van der Waals surface area (Å²) in [6.45, 7) is 2.94. The Morgan fingerprint density at radius 2 is 1.75 bits per heavy atom. The van der Waals surface area contributed by atoms with Gasteiger partial charge in [0.1, 0.15) is 5.82 Å². The second-order valence-electron chi connectivity index (χ2n) is 4.70. The van der Waals surface area contributed by atoms with Gasteiger partial charge in [0, 0.05) is 13.2 Å². The van der Waals surface area contributed by atoms with Crippen LogP contribution in [0.25, 0.3) is 0 Å². The first-order valence-electron chi connectivity index (χ1n) is 6.91. The molecule has 0 atom stereocenters. The Morgan fingerprint density at radius 3 is 2.55 bits per heavy atom. The Morgan fingerprint density at radius 1 is 0.950 bits per heavy atom. The zero-order valence-electron chi connectivity index (χ0n) is 11.5. The molecule has 0 bridgehead atoms. The standard InChI is InChI=1S/C17H20FNO/c18-17-9-4-8-16(12-17)14-20-11-5-10-19-13-15-6-2-1-3-7-15/h1-4,6-9,12,19H,5,10-11,13-14H2. The highest BCUT2D eigenvalue weighted by Crippen LogP contribution is 2.05. The van der Waals surface area contributed by atoms with E-state index in [1.165, 1.54) is 17.7 Å². The third-order valence-corrected chi connectivity index (χ3v) is 2.97. The van der Waals surface area contributed by atoms with Crippen molar-refractivity contribution in [2.45, 2.75) is 19.6 Å². The summed E-state index contributed by atoms with van der Waals surface area (Å²) in [4.78, 5) is 0. The van der Waals surface area contributed by atoms with Crippen molar-refractivity contribution in [2.24, 2.45) is 0 Å². The lowest BCUT2D eigenvalue weighted by molar-refractivity contribution is 0.118. The minimum Gasteiger partial charge on any atom is -0.377 e. The number of ether oxygens (including phenoxy) is 1. The summed E-state index contributed by atoms with van der Waals surface area (Å²) in [5.41, 5.74) is 2.16. The van der Waals surface area contributed by atoms with E-state index in [2.05, 4.69) is 17.4 Å². The van der Waals surface area contributed by atoms with Crippen LogP contribution in [0.3, 0.4) is 0 Å². The first-order chi connectivity index (χ1) is 9.84. The maximum atomic E-state index is 12.9. The summed E-state index contributed by atoms with van der Waals surface area (Å²) in [5.74, 6) is -0.212. The molecule has 0 spiro atoms. The zero-order chi connectivity index (χ0) is 14.0. The first-order valence-corrected chi connectivity index (χ1v) is 6.91. The van der Waals surface area contributed by atoms with Gasteiger partial charge in [-0.3, -0.25) is 0 Å². The average molecular weight is 273 g/mol. The average Bonchev–Trinajstić information content (AvgIpc) is 2.47. The highest BCUT2D eigenvalue weighted by molar-refractivity contribution is 5.15. The van der Waals surface area contributed by atoms with Gasteiger partial charge in [0.05, 0.1) is 6.61 Å². The smallest absolute Gasteiger partial charge is 0.123 e. The highest BCUT2D eigenvalue weighted by atomic mass is 19.1. The van der Waals surface area contributed by atoms with Gasteiger partial charge in [0.15, 0.2) is 0 Å². The predicted octanol–water partition coefficient (Wildman–Crippen LogP) is 3.52. The quantitative estimate of drug-likeness (QED) is 0.743. The lowest BCUT2D eigenvalue weighted by atomic mass is 10.2. The fourth-order valence-corrected chi connectivity index (χ4v) is 1.94. The van der Waals surface area contributed by atoms with Gasteiger partial charge in [-0.25, -0.2) is 4.39 Å². The van der Waals surface area contributed by atoms with Crippen LogP contribution in [0.4, 0.5) is 4.39 Å². The van der Waals surface area contributed by atoms with E-state index in [9.17, 15) is 4.39 Å². The number of rotatable bonds is 8. The summed E-state index contributed by atoms with van der Waals surface area (Å²) in [6.07, 6.45) is 0.947. The molecule has 1 N–H and O–H groups in total. The van der Waals surface area contributed by atoms with E-state index in [4.69, 9.17) is 4.74 Å². The van der Waals surface area contributed by atoms with Gasteiger partial charge in [-0.2, -0.15) is 0 Å². The summed E-state index contributed by atoms with van der Waals surface area (Å²) < 4.78 is 18.5. The molecule has 0 aliphatic heterocycles. The molecule has 0 saturated carbocycles. The van der Waals surface area contributed by atoms with Crippen LogP contribution in [-0.2, 0) is 17.9 Å². The number of hydrogen-bond acceptors (Lipinski definition) is 2. The van der Waals surface area contributed by atoms with Crippen LogP contribution in [-0.4, -0.2) is 13.2 Å². The molecule has 0 unspecified atom stereocenters. The molecule has 0 fully saturated rings. The van der Waals surface area contributed by atoms with Crippen molar-refractivity contribution in [3.8, 4) is 0 Å². The third kappa shape index (κ3) is 5.51. The highest BCUT2D eigenvalue weighted by Gasteiger charge is 1.96. The molecule has 20 heavy (non-hydrogen) atoms. The summed E-state index contributed by atoms with van der Waals surface area (Å²) in [7, 11) is 0.